The van der Waals surface area contributed by atoms with Crippen LogP contribution in [0.5, 0.6) is 0 Å². The molecule has 0 unspecified atom stereocenters. The summed E-state index contributed by atoms with van der Waals surface area (Å²) in [6.07, 6.45) is 6.22. The van der Waals surface area contributed by atoms with E-state index in [-0.39, 0.29) is 23.9 Å². The van der Waals surface area contributed by atoms with Gasteiger partial charge in [-0.1, -0.05) is 37.1 Å². The van der Waals surface area contributed by atoms with Crippen molar-refractivity contribution in [3.05, 3.63) is 48.0 Å². The smallest absolute Gasteiger partial charge is 0.335 e. The molecule has 0 radical (unpaired) electrons. The standard InChI is InChI=1S/C17H21NO3/c1-2-11-18(14-8-4-5-9-14)16(19)12-13-7-3-6-10-15(13)17(20)21/h2-3,6-7,10,14H,1,4-5,8-9,11-12H2,(H,20,21). The van der Waals surface area contributed by atoms with E-state index >= 15 is 0 Å². The molecule has 0 bridgehead atoms. The van der Waals surface area contributed by atoms with Crippen molar-refractivity contribution in [1.82, 2.24) is 4.90 Å². The number of rotatable bonds is 6. The average molecular weight is 287 g/mol. The van der Waals surface area contributed by atoms with E-state index < -0.39 is 5.97 Å². The van der Waals surface area contributed by atoms with Crippen LogP contribution in [0.2, 0.25) is 0 Å². The van der Waals surface area contributed by atoms with Crippen LogP contribution in [-0.4, -0.2) is 34.5 Å². The first kappa shape index (κ1) is 15.3. The van der Waals surface area contributed by atoms with Gasteiger partial charge < -0.3 is 10.0 Å². The van der Waals surface area contributed by atoms with Gasteiger partial charge in [-0.15, -0.1) is 6.58 Å². The lowest BCUT2D eigenvalue weighted by atomic mass is 10.0. The van der Waals surface area contributed by atoms with Crippen molar-refractivity contribution in [2.45, 2.75) is 38.1 Å². The molecule has 0 atom stereocenters. The van der Waals surface area contributed by atoms with E-state index in [1.165, 1.54) is 0 Å². The lowest BCUT2D eigenvalue weighted by Crippen LogP contribution is -2.40. The highest BCUT2D eigenvalue weighted by Crippen LogP contribution is 2.24. The van der Waals surface area contributed by atoms with Crippen LogP contribution in [0.1, 0.15) is 41.6 Å². The molecule has 0 saturated heterocycles. The summed E-state index contributed by atoms with van der Waals surface area (Å²) in [5, 5.41) is 9.19. The zero-order valence-electron chi connectivity index (χ0n) is 12.1. The van der Waals surface area contributed by atoms with Crippen molar-refractivity contribution >= 4 is 11.9 Å². The number of nitrogens with zero attached hydrogens (tertiary/aromatic N) is 1. The molecule has 1 saturated carbocycles. The Hall–Kier alpha value is -2.10. The minimum Gasteiger partial charge on any atom is -0.478 e. The molecule has 1 aliphatic carbocycles. The second-order valence-corrected chi connectivity index (χ2v) is 5.41. The number of carbonyl (C=O) groups is 2. The average Bonchev–Trinajstić information content (AvgIpc) is 2.98. The number of benzene rings is 1. The Morgan fingerprint density at radius 1 is 1.29 bits per heavy atom. The predicted molar refractivity (Wildman–Crippen MR) is 81.3 cm³/mol. The van der Waals surface area contributed by atoms with E-state index in [9.17, 15) is 14.7 Å². The lowest BCUT2D eigenvalue weighted by Gasteiger charge is -2.28. The molecular formula is C17H21NO3. The van der Waals surface area contributed by atoms with Crippen LogP contribution < -0.4 is 0 Å². The first-order chi connectivity index (χ1) is 10.1. The molecule has 0 spiro atoms. The van der Waals surface area contributed by atoms with Crippen LogP contribution >= 0.6 is 0 Å². The van der Waals surface area contributed by atoms with Gasteiger partial charge in [-0.05, 0) is 24.5 Å². The summed E-state index contributed by atoms with van der Waals surface area (Å²) in [5.74, 6) is -1.01. The highest BCUT2D eigenvalue weighted by atomic mass is 16.4. The first-order valence-corrected chi connectivity index (χ1v) is 7.35. The van der Waals surface area contributed by atoms with E-state index in [0.29, 0.717) is 12.1 Å². The van der Waals surface area contributed by atoms with Crippen LogP contribution in [0.4, 0.5) is 0 Å². The second kappa shape index (κ2) is 7.07. The maximum Gasteiger partial charge on any atom is 0.335 e. The monoisotopic (exact) mass is 287 g/mol. The van der Waals surface area contributed by atoms with Crippen molar-refractivity contribution in [2.24, 2.45) is 0 Å². The molecule has 0 heterocycles. The molecule has 1 fully saturated rings. The third-order valence-corrected chi connectivity index (χ3v) is 4.00. The molecule has 2 rings (SSSR count). The molecule has 1 aromatic carbocycles. The van der Waals surface area contributed by atoms with Gasteiger partial charge in [-0.25, -0.2) is 4.79 Å². The Morgan fingerprint density at radius 3 is 2.57 bits per heavy atom. The minimum absolute atomic E-state index is 0.0181. The van der Waals surface area contributed by atoms with Crippen molar-refractivity contribution in [1.29, 1.82) is 0 Å². The summed E-state index contributed by atoms with van der Waals surface area (Å²) in [6.45, 7) is 4.25. The van der Waals surface area contributed by atoms with Gasteiger partial charge in [0.15, 0.2) is 0 Å². The Labute approximate surface area is 125 Å². The van der Waals surface area contributed by atoms with Crippen LogP contribution in [0.3, 0.4) is 0 Å². The van der Waals surface area contributed by atoms with E-state index in [2.05, 4.69) is 6.58 Å². The maximum absolute atomic E-state index is 12.5. The summed E-state index contributed by atoms with van der Waals surface area (Å²) in [7, 11) is 0. The van der Waals surface area contributed by atoms with Gasteiger partial charge in [-0.3, -0.25) is 4.79 Å². The molecule has 4 heteroatoms. The summed E-state index contributed by atoms with van der Waals surface area (Å²) < 4.78 is 0. The third-order valence-electron chi connectivity index (χ3n) is 4.00. The number of carboxylic acids is 1. The molecule has 1 aromatic rings. The normalized spacial score (nSPS) is 14.9. The van der Waals surface area contributed by atoms with Gasteiger partial charge in [0.1, 0.15) is 0 Å². The molecule has 21 heavy (non-hydrogen) atoms. The van der Waals surface area contributed by atoms with Gasteiger partial charge in [0.2, 0.25) is 5.91 Å². The highest BCUT2D eigenvalue weighted by molar-refractivity contribution is 5.91. The molecule has 0 aliphatic heterocycles. The van der Waals surface area contributed by atoms with Gasteiger partial charge >= 0.3 is 5.97 Å². The zero-order chi connectivity index (χ0) is 15.2. The Bertz CT molecular complexity index is 533. The zero-order valence-corrected chi connectivity index (χ0v) is 12.1. The van der Waals surface area contributed by atoms with Crippen LogP contribution in [0.25, 0.3) is 0 Å². The summed E-state index contributed by atoms with van der Waals surface area (Å²) in [5.41, 5.74) is 0.776. The second-order valence-electron chi connectivity index (χ2n) is 5.41. The number of aromatic carboxylic acids is 1. The lowest BCUT2D eigenvalue weighted by molar-refractivity contribution is -0.132. The number of carboxylic acid groups (broad SMARTS) is 1. The fourth-order valence-electron chi connectivity index (χ4n) is 2.96. The van der Waals surface area contributed by atoms with Crippen LogP contribution in [0, 0.1) is 0 Å². The molecule has 4 nitrogen and oxygen atoms in total. The molecule has 1 aliphatic rings. The number of amides is 1. The molecule has 1 amide bonds. The van der Waals surface area contributed by atoms with E-state index in [0.717, 1.165) is 25.7 Å². The fraction of sp³-hybridized carbons (Fsp3) is 0.412. The van der Waals surface area contributed by atoms with Gasteiger partial charge in [0, 0.05) is 12.6 Å². The largest absolute Gasteiger partial charge is 0.478 e. The fourth-order valence-corrected chi connectivity index (χ4v) is 2.96. The summed E-state index contributed by atoms with van der Waals surface area (Å²) in [4.78, 5) is 25.6. The topological polar surface area (TPSA) is 57.6 Å². The maximum atomic E-state index is 12.5. The SMILES string of the molecule is C=CCN(C(=O)Cc1ccccc1C(=O)O)C1CCCC1. The van der Waals surface area contributed by atoms with E-state index in [4.69, 9.17) is 0 Å². The molecule has 0 aromatic heterocycles. The van der Waals surface area contributed by atoms with Crippen molar-refractivity contribution in [3.8, 4) is 0 Å². The first-order valence-electron chi connectivity index (χ1n) is 7.35. The molecule has 112 valence electrons. The third kappa shape index (κ3) is 3.72. The predicted octanol–water partition coefficient (Wildman–Crippen LogP) is 2.88. The summed E-state index contributed by atoms with van der Waals surface area (Å²) >= 11 is 0. The van der Waals surface area contributed by atoms with Crippen molar-refractivity contribution < 1.29 is 14.7 Å². The summed E-state index contributed by atoms with van der Waals surface area (Å²) in [6, 6.07) is 6.96. The van der Waals surface area contributed by atoms with E-state index in [1.807, 2.05) is 4.90 Å². The Morgan fingerprint density at radius 2 is 1.95 bits per heavy atom. The van der Waals surface area contributed by atoms with Crippen molar-refractivity contribution in [3.63, 3.8) is 0 Å². The van der Waals surface area contributed by atoms with Crippen molar-refractivity contribution in [2.75, 3.05) is 6.54 Å². The molecule has 1 N–H and O–H groups in total. The molecular weight excluding hydrogens is 266 g/mol. The van der Waals surface area contributed by atoms with Crippen LogP contribution in [0.15, 0.2) is 36.9 Å². The minimum atomic E-state index is -0.991. The Kier molecular flexibility index (Phi) is 5.14. The van der Waals surface area contributed by atoms with Gasteiger partial charge in [-0.2, -0.15) is 0 Å². The number of carbonyl (C=O) groups excluding carboxylic acids is 1. The number of hydrogen-bond acceptors (Lipinski definition) is 2. The van der Waals surface area contributed by atoms with Gasteiger partial charge in [0.05, 0.1) is 12.0 Å². The highest BCUT2D eigenvalue weighted by Gasteiger charge is 2.26. The van der Waals surface area contributed by atoms with Gasteiger partial charge in [0.25, 0.3) is 0 Å². The number of hydrogen-bond donors (Lipinski definition) is 1. The van der Waals surface area contributed by atoms with Crippen LogP contribution in [-0.2, 0) is 11.2 Å². The van der Waals surface area contributed by atoms with E-state index in [1.54, 1.807) is 30.3 Å². The quantitative estimate of drug-likeness (QED) is 0.818. The Balaban J connectivity index is 2.15.